The van der Waals surface area contributed by atoms with Crippen molar-refractivity contribution in [1.82, 2.24) is 10.6 Å². The van der Waals surface area contributed by atoms with Gasteiger partial charge >= 0.3 is 6.09 Å². The van der Waals surface area contributed by atoms with Crippen molar-refractivity contribution in [1.29, 1.82) is 0 Å². The highest BCUT2D eigenvalue weighted by atomic mass is 16.5. The van der Waals surface area contributed by atoms with E-state index in [2.05, 4.69) is 16.6 Å². The number of unbranched alkanes of at least 4 members (excludes halogenated alkanes) is 6. The van der Waals surface area contributed by atoms with Crippen LogP contribution in [-0.4, -0.2) is 24.6 Å². The van der Waals surface area contributed by atoms with Crippen LogP contribution in [0, 0.1) is 12.3 Å². The summed E-state index contributed by atoms with van der Waals surface area (Å²) in [6, 6.07) is 18.4. The van der Waals surface area contributed by atoms with Crippen LogP contribution in [0.2, 0.25) is 0 Å². The van der Waals surface area contributed by atoms with Gasteiger partial charge < -0.3 is 15.4 Å². The number of amides is 2. The van der Waals surface area contributed by atoms with E-state index in [0.717, 1.165) is 49.7 Å². The van der Waals surface area contributed by atoms with Crippen molar-refractivity contribution in [3.63, 3.8) is 0 Å². The third-order valence-corrected chi connectivity index (χ3v) is 5.15. The van der Waals surface area contributed by atoms with Crippen LogP contribution in [-0.2, 0) is 22.6 Å². The normalized spacial score (nSPS) is 11.2. The lowest BCUT2D eigenvalue weighted by molar-refractivity contribution is -0.123. The molecule has 2 aromatic carbocycles. The lowest BCUT2D eigenvalue weighted by atomic mass is 10.1. The van der Waals surface area contributed by atoms with Gasteiger partial charge in [0.2, 0.25) is 5.91 Å². The van der Waals surface area contributed by atoms with Gasteiger partial charge in [-0.05, 0) is 24.0 Å². The molecule has 2 rings (SSSR count). The first kappa shape index (κ1) is 25.0. The zero-order valence-corrected chi connectivity index (χ0v) is 18.7. The molecule has 0 aliphatic carbocycles. The molecule has 0 bridgehead atoms. The van der Waals surface area contributed by atoms with Crippen molar-refractivity contribution in [2.75, 3.05) is 6.54 Å². The molecule has 0 unspecified atom stereocenters. The molecule has 32 heavy (non-hydrogen) atoms. The Bertz CT molecular complexity index is 831. The van der Waals surface area contributed by atoms with Gasteiger partial charge in [0.25, 0.3) is 0 Å². The molecule has 5 heteroatoms. The topological polar surface area (TPSA) is 67.4 Å². The van der Waals surface area contributed by atoms with E-state index in [9.17, 15) is 9.59 Å². The van der Waals surface area contributed by atoms with E-state index in [4.69, 9.17) is 11.2 Å². The predicted octanol–water partition coefficient (Wildman–Crippen LogP) is 5.00. The third kappa shape index (κ3) is 10.7. The highest BCUT2D eigenvalue weighted by Crippen LogP contribution is 2.08. The Kier molecular flexibility index (Phi) is 12.1. The van der Waals surface area contributed by atoms with Crippen LogP contribution < -0.4 is 10.6 Å². The summed E-state index contributed by atoms with van der Waals surface area (Å²) in [5.41, 5.74) is 1.87. The van der Waals surface area contributed by atoms with E-state index in [1.54, 1.807) is 0 Å². The van der Waals surface area contributed by atoms with E-state index in [0.29, 0.717) is 13.0 Å². The first-order valence-electron chi connectivity index (χ1n) is 11.4. The van der Waals surface area contributed by atoms with Gasteiger partial charge in [-0.2, -0.15) is 0 Å². The fourth-order valence-corrected chi connectivity index (χ4v) is 3.36. The predicted molar refractivity (Wildman–Crippen MR) is 128 cm³/mol. The number of carbonyl (C=O) groups excluding carboxylic acids is 2. The van der Waals surface area contributed by atoms with Gasteiger partial charge in [-0.1, -0.05) is 86.3 Å². The summed E-state index contributed by atoms with van der Waals surface area (Å²) in [5, 5.41) is 5.68. The van der Waals surface area contributed by atoms with Gasteiger partial charge in [0.15, 0.2) is 0 Å². The van der Waals surface area contributed by atoms with Crippen LogP contribution in [0.3, 0.4) is 0 Å². The van der Waals surface area contributed by atoms with Gasteiger partial charge in [-0.25, -0.2) is 4.79 Å². The molecular weight excluding hydrogens is 400 g/mol. The molecule has 0 radical (unpaired) electrons. The number of benzene rings is 2. The quantitative estimate of drug-likeness (QED) is 0.325. The maximum atomic E-state index is 12.8. The smallest absolute Gasteiger partial charge is 0.408 e. The fourth-order valence-electron chi connectivity index (χ4n) is 3.36. The highest BCUT2D eigenvalue weighted by molar-refractivity contribution is 5.85. The number of ether oxygens (including phenoxy) is 1. The number of hydrogen-bond acceptors (Lipinski definition) is 3. The molecular formula is C27H34N2O3. The lowest BCUT2D eigenvalue weighted by Gasteiger charge is -2.18. The molecule has 0 aromatic heterocycles. The number of carbonyl (C=O) groups is 2. The first-order chi connectivity index (χ1) is 15.7. The van der Waals surface area contributed by atoms with E-state index >= 15 is 0 Å². The molecule has 0 spiro atoms. The molecule has 170 valence electrons. The zero-order chi connectivity index (χ0) is 22.9. The van der Waals surface area contributed by atoms with Crippen molar-refractivity contribution in [2.24, 2.45) is 0 Å². The number of hydrogen-bond donors (Lipinski definition) is 2. The maximum Gasteiger partial charge on any atom is 0.408 e. The second-order valence-corrected chi connectivity index (χ2v) is 7.81. The van der Waals surface area contributed by atoms with Crippen molar-refractivity contribution < 1.29 is 14.3 Å². The van der Waals surface area contributed by atoms with Crippen molar-refractivity contribution in [3.05, 3.63) is 71.8 Å². The van der Waals surface area contributed by atoms with Crippen molar-refractivity contribution in [2.45, 2.75) is 64.0 Å². The van der Waals surface area contributed by atoms with Gasteiger partial charge in [0.05, 0.1) is 0 Å². The summed E-state index contributed by atoms with van der Waals surface area (Å²) in [4.78, 5) is 25.1. The molecule has 1 atom stereocenters. The van der Waals surface area contributed by atoms with Gasteiger partial charge in [-0.3, -0.25) is 4.79 Å². The average molecular weight is 435 g/mol. The molecule has 0 saturated heterocycles. The minimum absolute atomic E-state index is 0.160. The van der Waals surface area contributed by atoms with Crippen LogP contribution in [0.1, 0.15) is 56.1 Å². The second-order valence-electron chi connectivity index (χ2n) is 7.81. The SMILES string of the molecule is C#CCCCCCCCCNC(=O)[C@H](Cc1ccccc1)NC(=O)OCc1ccccc1. The molecule has 2 aromatic rings. The highest BCUT2D eigenvalue weighted by Gasteiger charge is 2.21. The molecule has 0 aliphatic heterocycles. The Morgan fingerprint density at radius 1 is 0.844 bits per heavy atom. The molecule has 0 heterocycles. The van der Waals surface area contributed by atoms with E-state index in [-0.39, 0.29) is 12.5 Å². The summed E-state index contributed by atoms with van der Waals surface area (Å²) in [5.74, 6) is 2.47. The first-order valence-corrected chi connectivity index (χ1v) is 11.4. The number of terminal acetylenes is 1. The molecule has 2 N–H and O–H groups in total. The summed E-state index contributed by atoms with van der Waals surface area (Å²) >= 11 is 0. The van der Waals surface area contributed by atoms with Crippen LogP contribution in [0.4, 0.5) is 4.79 Å². The minimum atomic E-state index is -0.690. The third-order valence-electron chi connectivity index (χ3n) is 5.15. The average Bonchev–Trinajstić information content (AvgIpc) is 2.82. The standard InChI is InChI=1S/C27H34N2O3/c1-2-3-4-5-6-7-8-15-20-28-26(30)25(21-23-16-11-9-12-17-23)29-27(31)32-22-24-18-13-10-14-19-24/h1,9-14,16-19,25H,3-8,15,20-22H2,(H,28,30)(H,29,31)/t25-/m0/s1. The monoisotopic (exact) mass is 434 g/mol. The van der Waals surface area contributed by atoms with E-state index < -0.39 is 12.1 Å². The Morgan fingerprint density at radius 3 is 2.09 bits per heavy atom. The summed E-state index contributed by atoms with van der Waals surface area (Å²) in [7, 11) is 0. The van der Waals surface area contributed by atoms with Crippen LogP contribution in [0.15, 0.2) is 60.7 Å². The van der Waals surface area contributed by atoms with Crippen LogP contribution >= 0.6 is 0 Å². The summed E-state index contributed by atoms with van der Waals surface area (Å²) in [6.07, 6.45) is 12.4. The fraction of sp³-hybridized carbons (Fsp3) is 0.407. The lowest BCUT2D eigenvalue weighted by Crippen LogP contribution is -2.48. The van der Waals surface area contributed by atoms with Crippen LogP contribution in [0.5, 0.6) is 0 Å². The van der Waals surface area contributed by atoms with Gasteiger partial charge in [0.1, 0.15) is 12.6 Å². The molecule has 0 fully saturated rings. The van der Waals surface area contributed by atoms with Crippen LogP contribution in [0.25, 0.3) is 0 Å². The Hall–Kier alpha value is -3.26. The Morgan fingerprint density at radius 2 is 1.44 bits per heavy atom. The molecule has 0 saturated carbocycles. The number of nitrogens with one attached hydrogen (secondary N) is 2. The Balaban J connectivity index is 1.77. The molecule has 5 nitrogen and oxygen atoms in total. The number of rotatable bonds is 14. The van der Waals surface area contributed by atoms with Crippen molar-refractivity contribution >= 4 is 12.0 Å². The number of alkyl carbamates (subject to hydrolysis) is 1. The van der Waals surface area contributed by atoms with E-state index in [1.807, 2.05) is 60.7 Å². The largest absolute Gasteiger partial charge is 0.445 e. The van der Waals surface area contributed by atoms with E-state index in [1.165, 1.54) is 6.42 Å². The van der Waals surface area contributed by atoms with Gasteiger partial charge in [0, 0.05) is 19.4 Å². The summed E-state index contributed by atoms with van der Waals surface area (Å²) in [6.45, 7) is 0.753. The van der Waals surface area contributed by atoms with Crippen molar-refractivity contribution in [3.8, 4) is 12.3 Å². The Labute approximate surface area is 191 Å². The maximum absolute atomic E-state index is 12.8. The zero-order valence-electron chi connectivity index (χ0n) is 18.7. The second kappa shape index (κ2) is 15.5. The molecule has 0 aliphatic rings. The minimum Gasteiger partial charge on any atom is -0.445 e. The molecule has 2 amide bonds. The van der Waals surface area contributed by atoms with Gasteiger partial charge in [-0.15, -0.1) is 12.3 Å². The summed E-state index contributed by atoms with van der Waals surface area (Å²) < 4.78 is 5.30.